The Morgan fingerprint density at radius 3 is 2.52 bits per heavy atom. The van der Waals surface area contributed by atoms with E-state index < -0.39 is 0 Å². The van der Waals surface area contributed by atoms with Crippen molar-refractivity contribution in [3.8, 4) is 11.5 Å². The molecule has 0 saturated carbocycles. The highest BCUT2D eigenvalue weighted by atomic mass is 16.5. The maximum atomic E-state index is 6.31. The second kappa shape index (κ2) is 5.78. The van der Waals surface area contributed by atoms with Gasteiger partial charge in [-0.1, -0.05) is 44.2 Å². The topological polar surface area (TPSA) is 44.5 Å². The smallest absolute Gasteiger partial charge is 0.152 e. The molecule has 110 valence electrons. The molecule has 2 aromatic carbocycles. The number of rotatable bonds is 3. The first kappa shape index (κ1) is 14.0. The minimum Gasteiger partial charge on any atom is -0.489 e. The normalized spacial score (nSPS) is 20.8. The lowest BCUT2D eigenvalue weighted by Gasteiger charge is -2.31. The van der Waals surface area contributed by atoms with E-state index in [0.29, 0.717) is 12.5 Å². The van der Waals surface area contributed by atoms with E-state index in [0.717, 1.165) is 17.1 Å². The Hall–Kier alpha value is -2.00. The summed E-state index contributed by atoms with van der Waals surface area (Å²) in [5, 5.41) is 0. The summed E-state index contributed by atoms with van der Waals surface area (Å²) in [6.45, 7) is 4.83. The molecule has 0 fully saturated rings. The molecule has 0 amide bonds. The van der Waals surface area contributed by atoms with E-state index in [2.05, 4.69) is 26.0 Å². The van der Waals surface area contributed by atoms with Gasteiger partial charge in [-0.3, -0.25) is 0 Å². The average molecular weight is 283 g/mol. The molecule has 0 spiro atoms. The Labute approximate surface area is 125 Å². The van der Waals surface area contributed by atoms with Gasteiger partial charge in [0.1, 0.15) is 18.1 Å². The first-order valence-electron chi connectivity index (χ1n) is 7.39. The summed E-state index contributed by atoms with van der Waals surface area (Å²) < 4.78 is 11.7. The van der Waals surface area contributed by atoms with Crippen LogP contribution in [0.5, 0.6) is 11.5 Å². The minimum absolute atomic E-state index is 0.162. The fraction of sp³-hybridized carbons (Fsp3) is 0.333. The lowest BCUT2D eigenvalue weighted by molar-refractivity contribution is 0.0878. The van der Waals surface area contributed by atoms with Crippen LogP contribution in [0.1, 0.15) is 36.9 Å². The van der Waals surface area contributed by atoms with Crippen molar-refractivity contribution in [3.05, 3.63) is 59.7 Å². The number of para-hydroxylation sites is 1. The molecule has 0 aliphatic carbocycles. The third-order valence-corrected chi connectivity index (χ3v) is 3.92. The van der Waals surface area contributed by atoms with Crippen LogP contribution in [0.4, 0.5) is 0 Å². The van der Waals surface area contributed by atoms with Gasteiger partial charge in [-0.2, -0.15) is 0 Å². The lowest BCUT2D eigenvalue weighted by Crippen LogP contribution is -2.40. The molecule has 0 radical (unpaired) electrons. The van der Waals surface area contributed by atoms with Gasteiger partial charge in [0.25, 0.3) is 0 Å². The molecule has 1 heterocycles. The van der Waals surface area contributed by atoms with Gasteiger partial charge in [-0.25, -0.2) is 0 Å². The van der Waals surface area contributed by atoms with Crippen molar-refractivity contribution in [1.29, 1.82) is 0 Å². The molecule has 2 N–H and O–H groups in total. The standard InChI is InChI=1S/C18H21NO2/c1-12(2)13-7-9-14(10-8-13)21-17-11-20-16-6-4-3-5-15(16)18(17)19/h3-10,12,17-18H,11,19H2,1-2H3. The Morgan fingerprint density at radius 1 is 1.10 bits per heavy atom. The zero-order valence-electron chi connectivity index (χ0n) is 12.5. The zero-order chi connectivity index (χ0) is 14.8. The third kappa shape index (κ3) is 2.88. The van der Waals surface area contributed by atoms with E-state index in [1.807, 2.05) is 36.4 Å². The number of nitrogens with two attached hydrogens (primary N) is 1. The highest BCUT2D eigenvalue weighted by molar-refractivity contribution is 5.38. The number of ether oxygens (including phenoxy) is 2. The molecular formula is C18H21NO2. The Bertz CT molecular complexity index is 607. The molecule has 1 aliphatic rings. The van der Waals surface area contributed by atoms with E-state index >= 15 is 0 Å². The first-order chi connectivity index (χ1) is 10.1. The predicted octanol–water partition coefficient (Wildman–Crippen LogP) is 3.65. The third-order valence-electron chi connectivity index (χ3n) is 3.92. The van der Waals surface area contributed by atoms with Crippen molar-refractivity contribution in [3.63, 3.8) is 0 Å². The van der Waals surface area contributed by atoms with Crippen LogP contribution in [-0.2, 0) is 0 Å². The van der Waals surface area contributed by atoms with Crippen LogP contribution in [0.3, 0.4) is 0 Å². The SMILES string of the molecule is CC(C)c1ccc(OC2COc3ccccc3C2N)cc1. The molecule has 2 atom stereocenters. The largest absolute Gasteiger partial charge is 0.489 e. The van der Waals surface area contributed by atoms with Crippen LogP contribution in [0.2, 0.25) is 0 Å². The fourth-order valence-electron chi connectivity index (χ4n) is 2.58. The van der Waals surface area contributed by atoms with Gasteiger partial charge < -0.3 is 15.2 Å². The maximum absolute atomic E-state index is 6.31. The molecule has 21 heavy (non-hydrogen) atoms. The van der Waals surface area contributed by atoms with E-state index in [1.165, 1.54) is 5.56 Å². The predicted molar refractivity (Wildman–Crippen MR) is 83.8 cm³/mol. The fourth-order valence-corrected chi connectivity index (χ4v) is 2.58. The van der Waals surface area contributed by atoms with Crippen molar-refractivity contribution in [1.82, 2.24) is 0 Å². The second-order valence-corrected chi connectivity index (χ2v) is 5.75. The molecular weight excluding hydrogens is 262 g/mol. The summed E-state index contributed by atoms with van der Waals surface area (Å²) in [5.41, 5.74) is 8.62. The van der Waals surface area contributed by atoms with Crippen molar-refractivity contribution >= 4 is 0 Å². The van der Waals surface area contributed by atoms with Gasteiger partial charge in [0, 0.05) is 5.56 Å². The minimum atomic E-state index is -0.167. The van der Waals surface area contributed by atoms with E-state index in [4.69, 9.17) is 15.2 Å². The number of hydrogen-bond donors (Lipinski definition) is 1. The molecule has 0 aromatic heterocycles. The van der Waals surface area contributed by atoms with Crippen molar-refractivity contribution < 1.29 is 9.47 Å². The highest BCUT2D eigenvalue weighted by Gasteiger charge is 2.29. The number of benzene rings is 2. The summed E-state index contributed by atoms with van der Waals surface area (Å²) in [5.74, 6) is 2.22. The Kier molecular flexibility index (Phi) is 3.84. The molecule has 0 saturated heterocycles. The summed E-state index contributed by atoms with van der Waals surface area (Å²) >= 11 is 0. The van der Waals surface area contributed by atoms with Gasteiger partial charge in [0.2, 0.25) is 0 Å². The van der Waals surface area contributed by atoms with Crippen LogP contribution >= 0.6 is 0 Å². The van der Waals surface area contributed by atoms with Crippen molar-refractivity contribution in [2.75, 3.05) is 6.61 Å². The zero-order valence-corrected chi connectivity index (χ0v) is 12.5. The van der Waals surface area contributed by atoms with Gasteiger partial charge in [-0.15, -0.1) is 0 Å². The highest BCUT2D eigenvalue weighted by Crippen LogP contribution is 2.32. The van der Waals surface area contributed by atoms with Crippen LogP contribution in [0.15, 0.2) is 48.5 Å². The summed E-state index contributed by atoms with van der Waals surface area (Å²) in [6.07, 6.45) is -0.162. The summed E-state index contributed by atoms with van der Waals surface area (Å²) in [4.78, 5) is 0. The Balaban J connectivity index is 1.74. The van der Waals surface area contributed by atoms with E-state index in [-0.39, 0.29) is 12.1 Å². The summed E-state index contributed by atoms with van der Waals surface area (Å²) in [7, 11) is 0. The van der Waals surface area contributed by atoms with Crippen LogP contribution in [0.25, 0.3) is 0 Å². The lowest BCUT2D eigenvalue weighted by atomic mass is 9.99. The van der Waals surface area contributed by atoms with Gasteiger partial charge in [-0.05, 0) is 29.7 Å². The number of fused-ring (bicyclic) bond motifs is 1. The van der Waals surface area contributed by atoms with Gasteiger partial charge in [0.15, 0.2) is 6.10 Å². The quantitative estimate of drug-likeness (QED) is 0.935. The Morgan fingerprint density at radius 2 is 1.81 bits per heavy atom. The van der Waals surface area contributed by atoms with Crippen LogP contribution < -0.4 is 15.2 Å². The average Bonchev–Trinajstić information content (AvgIpc) is 2.51. The molecule has 3 heteroatoms. The molecule has 3 rings (SSSR count). The van der Waals surface area contributed by atoms with Gasteiger partial charge in [0.05, 0.1) is 6.04 Å². The van der Waals surface area contributed by atoms with Gasteiger partial charge >= 0.3 is 0 Å². The van der Waals surface area contributed by atoms with Crippen molar-refractivity contribution in [2.24, 2.45) is 5.73 Å². The molecule has 1 aliphatic heterocycles. The van der Waals surface area contributed by atoms with E-state index in [9.17, 15) is 0 Å². The first-order valence-corrected chi connectivity index (χ1v) is 7.39. The number of hydrogen-bond acceptors (Lipinski definition) is 3. The molecule has 3 nitrogen and oxygen atoms in total. The van der Waals surface area contributed by atoms with E-state index in [1.54, 1.807) is 0 Å². The molecule has 0 bridgehead atoms. The van der Waals surface area contributed by atoms with Crippen molar-refractivity contribution in [2.45, 2.75) is 31.9 Å². The molecule has 2 unspecified atom stereocenters. The molecule has 2 aromatic rings. The summed E-state index contributed by atoms with van der Waals surface area (Å²) in [6, 6.07) is 15.9. The second-order valence-electron chi connectivity index (χ2n) is 5.75. The van der Waals surface area contributed by atoms with Crippen LogP contribution in [0, 0.1) is 0 Å². The van der Waals surface area contributed by atoms with Crippen LogP contribution in [-0.4, -0.2) is 12.7 Å². The monoisotopic (exact) mass is 283 g/mol. The maximum Gasteiger partial charge on any atom is 0.152 e.